The van der Waals surface area contributed by atoms with E-state index in [9.17, 15) is 0 Å². The zero-order valence-electron chi connectivity index (χ0n) is 14.2. The van der Waals surface area contributed by atoms with E-state index in [1.807, 2.05) is 0 Å². The first-order valence-corrected chi connectivity index (χ1v) is 9.02. The quantitative estimate of drug-likeness (QED) is 0.812. The monoisotopic (exact) mass is 322 g/mol. The van der Waals surface area contributed by atoms with Crippen LogP contribution in [0.25, 0.3) is 0 Å². The molecule has 2 aromatic rings. The van der Waals surface area contributed by atoms with Gasteiger partial charge in [0, 0.05) is 32.2 Å². The average molecular weight is 322 g/mol. The molecule has 0 saturated carbocycles. The van der Waals surface area contributed by atoms with Crippen LogP contribution >= 0.6 is 0 Å². The summed E-state index contributed by atoms with van der Waals surface area (Å²) in [4.78, 5) is 5.28. The van der Waals surface area contributed by atoms with Crippen LogP contribution in [0.3, 0.4) is 0 Å². The Morgan fingerprint density at radius 3 is 1.96 bits per heavy atom. The van der Waals surface area contributed by atoms with Gasteiger partial charge in [-0.15, -0.1) is 0 Å². The van der Waals surface area contributed by atoms with Gasteiger partial charge in [-0.25, -0.2) is 0 Å². The third-order valence-electron chi connectivity index (χ3n) is 5.31. The Labute approximate surface area is 144 Å². The molecule has 4 rings (SSSR count). The zero-order chi connectivity index (χ0) is 16.2. The van der Waals surface area contributed by atoms with Crippen LogP contribution in [0.1, 0.15) is 17.5 Å². The number of hydrogen-bond acceptors (Lipinski definition) is 3. The van der Waals surface area contributed by atoms with Gasteiger partial charge in [0.25, 0.3) is 0 Å². The molecule has 0 spiro atoms. The maximum atomic E-state index is 5.38. The lowest BCUT2D eigenvalue weighted by molar-refractivity contribution is -0.0590. The predicted molar refractivity (Wildman–Crippen MR) is 96.7 cm³/mol. The molecule has 2 fully saturated rings. The summed E-state index contributed by atoms with van der Waals surface area (Å²) in [6.07, 6.45) is 1.26. The van der Waals surface area contributed by atoms with Crippen molar-refractivity contribution in [3.8, 4) is 0 Å². The number of nitrogens with zero attached hydrogens (tertiary/aromatic N) is 2. The van der Waals surface area contributed by atoms with Crippen LogP contribution in [0, 0.1) is 0 Å². The third-order valence-corrected chi connectivity index (χ3v) is 5.31. The summed E-state index contributed by atoms with van der Waals surface area (Å²) in [5.74, 6) is 0. The molecular weight excluding hydrogens is 296 g/mol. The SMILES string of the molecule is c1ccc(CN(Cc2ccccc2)C2CCN(C3COC3)C2)cc1. The van der Waals surface area contributed by atoms with Gasteiger partial charge in [0.05, 0.1) is 19.3 Å². The number of likely N-dealkylation sites (tertiary alicyclic amines) is 1. The van der Waals surface area contributed by atoms with E-state index >= 15 is 0 Å². The van der Waals surface area contributed by atoms with Gasteiger partial charge in [0.1, 0.15) is 0 Å². The van der Waals surface area contributed by atoms with E-state index in [0.717, 1.165) is 26.3 Å². The molecule has 1 atom stereocenters. The van der Waals surface area contributed by atoms with Gasteiger partial charge in [-0.1, -0.05) is 60.7 Å². The van der Waals surface area contributed by atoms with Crippen LogP contribution < -0.4 is 0 Å². The first-order chi connectivity index (χ1) is 11.9. The molecule has 2 heterocycles. The van der Waals surface area contributed by atoms with Crippen LogP contribution in [0.15, 0.2) is 60.7 Å². The minimum Gasteiger partial charge on any atom is -0.378 e. The average Bonchev–Trinajstić information content (AvgIpc) is 3.04. The first-order valence-electron chi connectivity index (χ1n) is 9.02. The Bertz CT molecular complexity index is 585. The molecule has 0 radical (unpaired) electrons. The first kappa shape index (κ1) is 15.8. The van der Waals surface area contributed by atoms with Gasteiger partial charge < -0.3 is 4.74 Å². The topological polar surface area (TPSA) is 15.7 Å². The summed E-state index contributed by atoms with van der Waals surface area (Å²) in [6, 6.07) is 23.0. The zero-order valence-corrected chi connectivity index (χ0v) is 14.2. The number of hydrogen-bond donors (Lipinski definition) is 0. The highest BCUT2D eigenvalue weighted by Crippen LogP contribution is 2.24. The highest BCUT2D eigenvalue weighted by Gasteiger charge is 2.34. The van der Waals surface area contributed by atoms with E-state index in [1.54, 1.807) is 0 Å². The van der Waals surface area contributed by atoms with Crippen LogP contribution in [0.4, 0.5) is 0 Å². The molecule has 3 nitrogen and oxygen atoms in total. The number of benzene rings is 2. The van der Waals surface area contributed by atoms with Crippen molar-refractivity contribution in [1.29, 1.82) is 0 Å². The minimum absolute atomic E-state index is 0.631. The van der Waals surface area contributed by atoms with Crippen LogP contribution in [-0.4, -0.2) is 48.2 Å². The summed E-state index contributed by atoms with van der Waals surface area (Å²) in [5, 5.41) is 0. The lowest BCUT2D eigenvalue weighted by atomic mass is 10.1. The molecule has 0 amide bonds. The van der Waals surface area contributed by atoms with Gasteiger partial charge in [0.2, 0.25) is 0 Å². The van der Waals surface area contributed by atoms with Crippen LogP contribution in [0.5, 0.6) is 0 Å². The van der Waals surface area contributed by atoms with Crippen molar-refractivity contribution < 1.29 is 4.74 Å². The van der Waals surface area contributed by atoms with Crippen LogP contribution in [0.2, 0.25) is 0 Å². The molecule has 0 aromatic heterocycles. The summed E-state index contributed by atoms with van der Waals surface area (Å²) < 4.78 is 5.38. The standard InChI is InChI=1S/C21H26N2O/c1-3-7-18(8-4-1)13-23(14-19-9-5-2-6-10-19)20-11-12-22(15-20)21-16-24-17-21/h1-10,20-21H,11-17H2. The van der Waals surface area contributed by atoms with E-state index in [-0.39, 0.29) is 0 Å². The van der Waals surface area contributed by atoms with Crippen molar-refractivity contribution in [1.82, 2.24) is 9.80 Å². The maximum absolute atomic E-state index is 5.38. The fraction of sp³-hybridized carbons (Fsp3) is 0.429. The molecule has 3 heteroatoms. The van der Waals surface area contributed by atoms with Crippen molar-refractivity contribution >= 4 is 0 Å². The summed E-state index contributed by atoms with van der Waals surface area (Å²) in [5.41, 5.74) is 2.80. The number of rotatable bonds is 6. The smallest absolute Gasteiger partial charge is 0.0645 e. The molecule has 0 bridgehead atoms. The fourth-order valence-corrected chi connectivity index (χ4v) is 3.78. The van der Waals surface area contributed by atoms with Gasteiger partial charge in [0.15, 0.2) is 0 Å². The van der Waals surface area contributed by atoms with Gasteiger partial charge >= 0.3 is 0 Å². The second kappa shape index (κ2) is 7.47. The molecule has 0 N–H and O–H groups in total. The summed E-state index contributed by atoms with van der Waals surface area (Å²) in [7, 11) is 0. The molecular formula is C21H26N2O. The Balaban J connectivity index is 1.47. The van der Waals surface area contributed by atoms with E-state index in [4.69, 9.17) is 4.74 Å². The van der Waals surface area contributed by atoms with Crippen LogP contribution in [-0.2, 0) is 17.8 Å². The summed E-state index contributed by atoms with van der Waals surface area (Å²) in [6.45, 7) is 6.27. The fourth-order valence-electron chi connectivity index (χ4n) is 3.78. The van der Waals surface area contributed by atoms with Gasteiger partial charge in [-0.3, -0.25) is 9.80 Å². The molecule has 0 aliphatic carbocycles. The van der Waals surface area contributed by atoms with E-state index in [2.05, 4.69) is 70.5 Å². The second-order valence-corrected chi connectivity index (χ2v) is 7.00. The van der Waals surface area contributed by atoms with E-state index < -0.39 is 0 Å². The summed E-state index contributed by atoms with van der Waals surface area (Å²) >= 11 is 0. The minimum atomic E-state index is 0.631. The van der Waals surface area contributed by atoms with Gasteiger partial charge in [-0.2, -0.15) is 0 Å². The Morgan fingerprint density at radius 2 is 1.46 bits per heavy atom. The third kappa shape index (κ3) is 3.69. The molecule has 126 valence electrons. The molecule has 2 aromatic carbocycles. The Hall–Kier alpha value is -1.68. The normalized spacial score (nSPS) is 22.0. The van der Waals surface area contributed by atoms with E-state index in [1.165, 1.54) is 30.6 Å². The van der Waals surface area contributed by atoms with Crippen molar-refractivity contribution in [2.75, 3.05) is 26.3 Å². The maximum Gasteiger partial charge on any atom is 0.0645 e. The Morgan fingerprint density at radius 1 is 0.875 bits per heavy atom. The molecule has 2 aliphatic rings. The lowest BCUT2D eigenvalue weighted by Gasteiger charge is -2.35. The van der Waals surface area contributed by atoms with Crippen molar-refractivity contribution in [2.45, 2.75) is 31.6 Å². The lowest BCUT2D eigenvalue weighted by Crippen LogP contribution is -2.49. The van der Waals surface area contributed by atoms with Crippen molar-refractivity contribution in [3.05, 3.63) is 71.8 Å². The predicted octanol–water partition coefficient (Wildman–Crippen LogP) is 3.16. The Kier molecular flexibility index (Phi) is 4.93. The molecule has 24 heavy (non-hydrogen) atoms. The molecule has 1 unspecified atom stereocenters. The highest BCUT2D eigenvalue weighted by atomic mass is 16.5. The van der Waals surface area contributed by atoms with Crippen molar-refractivity contribution in [3.63, 3.8) is 0 Å². The van der Waals surface area contributed by atoms with Gasteiger partial charge in [-0.05, 0) is 17.5 Å². The largest absolute Gasteiger partial charge is 0.378 e. The molecule has 2 saturated heterocycles. The highest BCUT2D eigenvalue weighted by molar-refractivity contribution is 5.17. The number of ether oxygens (including phenoxy) is 1. The molecule has 2 aliphatic heterocycles. The second-order valence-electron chi connectivity index (χ2n) is 7.00. The van der Waals surface area contributed by atoms with Crippen molar-refractivity contribution in [2.24, 2.45) is 0 Å². The van der Waals surface area contributed by atoms with E-state index in [0.29, 0.717) is 12.1 Å².